The number of nitrogens with zero attached hydrogens (tertiary/aromatic N) is 1. The van der Waals surface area contributed by atoms with Gasteiger partial charge in [0.15, 0.2) is 0 Å². The normalized spacial score (nSPS) is 21.3. The van der Waals surface area contributed by atoms with Crippen LogP contribution in [0.2, 0.25) is 0 Å². The summed E-state index contributed by atoms with van der Waals surface area (Å²) in [6.45, 7) is 0.848. The van der Waals surface area contributed by atoms with Crippen molar-refractivity contribution in [2.75, 3.05) is 6.54 Å². The molecule has 3 heteroatoms. The fourth-order valence-corrected chi connectivity index (χ4v) is 0.846. The van der Waals surface area contributed by atoms with E-state index in [-0.39, 0.29) is 0 Å². The Balaban J connectivity index is 2.48. The molecule has 0 radical (unpaired) electrons. The first-order valence-corrected chi connectivity index (χ1v) is 2.65. The third-order valence-corrected chi connectivity index (χ3v) is 1.43. The Morgan fingerprint density at radius 3 is 2.57 bits per heavy atom. The molecule has 0 unspecified atom stereocenters. The van der Waals surface area contributed by atoms with Crippen molar-refractivity contribution in [1.29, 1.82) is 5.41 Å². The highest BCUT2D eigenvalue weighted by Crippen LogP contribution is 2.10. The lowest BCUT2D eigenvalue weighted by atomic mass is 10.4. The van der Waals surface area contributed by atoms with E-state index < -0.39 is 0 Å². The summed E-state index contributed by atoms with van der Waals surface area (Å²) in [5, 5.41) is 7.05. The highest BCUT2D eigenvalue weighted by atomic mass is 35.5. The Labute approximate surface area is 47.7 Å². The minimum Gasteiger partial charge on any atom is -0.287 e. The molecule has 1 aliphatic rings. The van der Waals surface area contributed by atoms with Gasteiger partial charge in [-0.2, -0.15) is 0 Å². The van der Waals surface area contributed by atoms with E-state index >= 15 is 0 Å². The molecule has 0 amide bonds. The highest BCUT2D eigenvalue weighted by molar-refractivity contribution is 6.22. The van der Waals surface area contributed by atoms with Gasteiger partial charge in [-0.25, -0.2) is 0 Å². The molecule has 0 atom stereocenters. The Morgan fingerprint density at radius 2 is 2.43 bits per heavy atom. The van der Waals surface area contributed by atoms with Crippen molar-refractivity contribution >= 4 is 17.6 Å². The maximum absolute atomic E-state index is 7.05. The average Bonchev–Trinajstić information content (AvgIpc) is 1.91. The molecule has 2 nitrogen and oxygen atoms in total. The molecule has 1 rings (SSSR count). The van der Waals surface area contributed by atoms with Crippen LogP contribution in [0, 0.1) is 5.41 Å². The van der Waals surface area contributed by atoms with Gasteiger partial charge in [0.2, 0.25) is 0 Å². The molecule has 1 heterocycles. The van der Waals surface area contributed by atoms with Gasteiger partial charge in [0.1, 0.15) is 5.84 Å². The Kier molecular flexibility index (Phi) is 1.19. The third kappa shape index (κ3) is 0.855. The van der Waals surface area contributed by atoms with Gasteiger partial charge >= 0.3 is 0 Å². The van der Waals surface area contributed by atoms with Gasteiger partial charge in [0, 0.05) is 24.7 Å². The van der Waals surface area contributed by atoms with Crippen LogP contribution in [0.15, 0.2) is 0 Å². The smallest absolute Gasteiger partial charge is 0.110 e. The number of hydrogen-bond donors (Lipinski definition) is 1. The number of amidine groups is 1. The first-order valence-electron chi connectivity index (χ1n) is 2.31. The van der Waals surface area contributed by atoms with E-state index in [1.165, 1.54) is 4.42 Å². The van der Waals surface area contributed by atoms with Gasteiger partial charge < -0.3 is 0 Å². The van der Waals surface area contributed by atoms with Crippen molar-refractivity contribution in [3.8, 4) is 0 Å². The quantitative estimate of drug-likeness (QED) is 0.476. The van der Waals surface area contributed by atoms with E-state index in [0.717, 1.165) is 19.4 Å². The Bertz CT molecular complexity index is 91.7. The van der Waals surface area contributed by atoms with E-state index in [2.05, 4.69) is 0 Å². The topological polar surface area (TPSA) is 27.1 Å². The van der Waals surface area contributed by atoms with E-state index in [1.54, 1.807) is 0 Å². The standard InChI is InChI=1S/C4H7ClN2/c5-7-3-1-2-4(7)6/h6H,1-3H2. The van der Waals surface area contributed by atoms with Gasteiger partial charge in [-0.15, -0.1) is 0 Å². The minimum absolute atomic E-state index is 0.557. The summed E-state index contributed by atoms with van der Waals surface area (Å²) < 4.78 is 1.46. The summed E-state index contributed by atoms with van der Waals surface area (Å²) in [6.07, 6.45) is 1.89. The van der Waals surface area contributed by atoms with Crippen LogP contribution in [0.1, 0.15) is 12.8 Å². The molecule has 1 saturated heterocycles. The first-order chi connectivity index (χ1) is 3.30. The molecule has 1 fully saturated rings. The van der Waals surface area contributed by atoms with Crippen LogP contribution >= 0.6 is 11.8 Å². The molecule has 0 aromatic heterocycles. The molecule has 0 saturated carbocycles. The van der Waals surface area contributed by atoms with Gasteiger partial charge in [-0.1, -0.05) is 0 Å². The van der Waals surface area contributed by atoms with Crippen LogP contribution in [-0.4, -0.2) is 16.8 Å². The molecule has 0 aromatic carbocycles. The lowest BCUT2D eigenvalue weighted by Crippen LogP contribution is -2.10. The maximum Gasteiger partial charge on any atom is 0.110 e. The van der Waals surface area contributed by atoms with E-state index in [9.17, 15) is 0 Å². The van der Waals surface area contributed by atoms with Crippen LogP contribution in [0.25, 0.3) is 0 Å². The fraction of sp³-hybridized carbons (Fsp3) is 0.750. The van der Waals surface area contributed by atoms with Crippen molar-refractivity contribution in [2.24, 2.45) is 0 Å². The molecule has 7 heavy (non-hydrogen) atoms. The Morgan fingerprint density at radius 1 is 1.71 bits per heavy atom. The van der Waals surface area contributed by atoms with Crippen molar-refractivity contribution in [3.05, 3.63) is 0 Å². The Hall–Kier alpha value is -0.240. The predicted molar refractivity (Wildman–Crippen MR) is 29.5 cm³/mol. The summed E-state index contributed by atoms with van der Waals surface area (Å²) >= 11 is 5.47. The van der Waals surface area contributed by atoms with Crippen LogP contribution in [0.5, 0.6) is 0 Å². The second kappa shape index (κ2) is 1.70. The molecular formula is C4H7ClN2. The fourth-order valence-electron chi connectivity index (χ4n) is 0.642. The van der Waals surface area contributed by atoms with Crippen LogP contribution in [-0.2, 0) is 0 Å². The number of halogens is 1. The number of rotatable bonds is 0. The highest BCUT2D eigenvalue weighted by Gasteiger charge is 2.12. The van der Waals surface area contributed by atoms with Crippen molar-refractivity contribution < 1.29 is 0 Å². The predicted octanol–water partition coefficient (Wildman–Crippen LogP) is 1.21. The van der Waals surface area contributed by atoms with Gasteiger partial charge in [0.05, 0.1) is 0 Å². The van der Waals surface area contributed by atoms with Crippen molar-refractivity contribution in [3.63, 3.8) is 0 Å². The van der Waals surface area contributed by atoms with Crippen molar-refractivity contribution in [1.82, 2.24) is 4.42 Å². The molecular weight excluding hydrogens is 112 g/mol. The van der Waals surface area contributed by atoms with E-state index in [1.807, 2.05) is 0 Å². The molecule has 1 N–H and O–H groups in total. The average molecular weight is 119 g/mol. The molecule has 0 spiro atoms. The third-order valence-electron chi connectivity index (χ3n) is 1.06. The second-order valence-electron chi connectivity index (χ2n) is 1.64. The zero-order chi connectivity index (χ0) is 5.28. The minimum atomic E-state index is 0.557. The van der Waals surface area contributed by atoms with Gasteiger partial charge in [-0.05, 0) is 6.42 Å². The van der Waals surface area contributed by atoms with Gasteiger partial charge in [-0.3, -0.25) is 9.83 Å². The summed E-state index contributed by atoms with van der Waals surface area (Å²) in [5.41, 5.74) is 0. The van der Waals surface area contributed by atoms with E-state index in [0.29, 0.717) is 5.84 Å². The molecule has 0 aromatic rings. The molecule has 0 bridgehead atoms. The zero-order valence-corrected chi connectivity index (χ0v) is 4.70. The van der Waals surface area contributed by atoms with Crippen LogP contribution in [0.3, 0.4) is 0 Å². The van der Waals surface area contributed by atoms with E-state index in [4.69, 9.17) is 17.2 Å². The molecule has 1 aliphatic heterocycles. The lowest BCUT2D eigenvalue weighted by molar-refractivity contribution is 0.701. The summed E-state index contributed by atoms with van der Waals surface area (Å²) in [4.78, 5) is 0. The zero-order valence-electron chi connectivity index (χ0n) is 3.95. The number of hydrogen-bond acceptors (Lipinski definition) is 1. The number of nitrogens with one attached hydrogen (secondary N) is 1. The summed E-state index contributed by atoms with van der Waals surface area (Å²) in [6, 6.07) is 0. The van der Waals surface area contributed by atoms with Crippen LogP contribution < -0.4 is 0 Å². The van der Waals surface area contributed by atoms with Gasteiger partial charge in [0.25, 0.3) is 0 Å². The second-order valence-corrected chi connectivity index (χ2v) is 2.04. The first kappa shape index (κ1) is 4.91. The monoisotopic (exact) mass is 118 g/mol. The summed E-state index contributed by atoms with van der Waals surface area (Å²) in [7, 11) is 0. The van der Waals surface area contributed by atoms with Crippen molar-refractivity contribution in [2.45, 2.75) is 12.8 Å². The SMILES string of the molecule is N=C1CCCN1Cl. The lowest BCUT2D eigenvalue weighted by Gasteiger charge is -2.01. The molecule has 40 valence electrons. The maximum atomic E-state index is 7.05. The largest absolute Gasteiger partial charge is 0.287 e. The summed E-state index contributed by atoms with van der Waals surface area (Å²) in [5.74, 6) is 0.557. The molecule has 0 aliphatic carbocycles. The van der Waals surface area contributed by atoms with Crippen LogP contribution in [0.4, 0.5) is 0 Å².